The predicted molar refractivity (Wildman–Crippen MR) is 58.7 cm³/mol. The van der Waals surface area contributed by atoms with Gasteiger partial charge in [-0.3, -0.25) is 10.6 Å². The molecule has 0 fully saturated rings. The van der Waals surface area contributed by atoms with E-state index in [1.807, 2.05) is 0 Å². The third-order valence-corrected chi connectivity index (χ3v) is 1.64. The minimum atomic E-state index is -1.16. The molecule has 0 bridgehead atoms. The predicted octanol–water partition coefficient (Wildman–Crippen LogP) is 2.34. The number of carbonyl (C=O) groups is 2. The molecule has 0 saturated carbocycles. The topological polar surface area (TPSA) is 87.7 Å². The van der Waals surface area contributed by atoms with Gasteiger partial charge in [-0.15, -0.1) is 0 Å². The zero-order chi connectivity index (χ0) is 12.0. The van der Waals surface area contributed by atoms with Gasteiger partial charge in [-0.05, 0) is 25.1 Å². The number of rotatable bonds is 3. The van der Waals surface area contributed by atoms with Crippen LogP contribution < -0.4 is 10.6 Å². The van der Waals surface area contributed by atoms with Crippen LogP contribution in [0.2, 0.25) is 0 Å². The molecule has 0 spiro atoms. The maximum absolute atomic E-state index is 11.1. The first-order valence-electron chi connectivity index (χ1n) is 4.65. The van der Waals surface area contributed by atoms with Gasteiger partial charge in [0.25, 0.3) is 0 Å². The molecule has 0 unspecified atom stereocenters. The molecule has 0 aromatic heterocycles. The molecule has 86 valence electrons. The van der Waals surface area contributed by atoms with E-state index < -0.39 is 12.2 Å². The van der Waals surface area contributed by atoms with E-state index >= 15 is 0 Å². The van der Waals surface area contributed by atoms with Gasteiger partial charge in [0, 0.05) is 11.4 Å². The van der Waals surface area contributed by atoms with Crippen molar-refractivity contribution < 1.29 is 19.4 Å². The number of nitrogens with one attached hydrogen (secondary N) is 2. The molecule has 0 aliphatic heterocycles. The summed E-state index contributed by atoms with van der Waals surface area (Å²) >= 11 is 0. The van der Waals surface area contributed by atoms with Crippen molar-refractivity contribution in [2.75, 3.05) is 17.2 Å². The van der Waals surface area contributed by atoms with Crippen LogP contribution in [0.25, 0.3) is 0 Å². The fraction of sp³-hybridized carbons (Fsp3) is 0.200. The first-order chi connectivity index (χ1) is 7.61. The summed E-state index contributed by atoms with van der Waals surface area (Å²) in [6.07, 6.45) is -1.73. The number of hydrogen-bond donors (Lipinski definition) is 3. The van der Waals surface area contributed by atoms with E-state index in [-0.39, 0.29) is 6.61 Å². The minimum absolute atomic E-state index is 0.277. The van der Waals surface area contributed by atoms with Crippen LogP contribution >= 0.6 is 0 Å². The summed E-state index contributed by atoms with van der Waals surface area (Å²) in [6, 6.07) is 6.31. The number of carbonyl (C=O) groups excluding carboxylic acids is 1. The van der Waals surface area contributed by atoms with Crippen molar-refractivity contribution in [2.24, 2.45) is 0 Å². The lowest BCUT2D eigenvalue weighted by molar-refractivity contribution is 0.168. The average Bonchev–Trinajstić information content (AvgIpc) is 2.17. The number of anilines is 2. The summed E-state index contributed by atoms with van der Waals surface area (Å²) in [4.78, 5) is 21.5. The third kappa shape index (κ3) is 3.87. The van der Waals surface area contributed by atoms with E-state index in [0.29, 0.717) is 11.4 Å². The summed E-state index contributed by atoms with van der Waals surface area (Å²) in [5, 5.41) is 13.1. The van der Waals surface area contributed by atoms with E-state index in [4.69, 9.17) is 5.11 Å². The molecule has 16 heavy (non-hydrogen) atoms. The summed E-state index contributed by atoms with van der Waals surface area (Å²) in [5.41, 5.74) is 0.839. The lowest BCUT2D eigenvalue weighted by Gasteiger charge is -2.06. The molecule has 0 radical (unpaired) electrons. The normalized spacial score (nSPS) is 9.31. The Hall–Kier alpha value is -2.24. The lowest BCUT2D eigenvalue weighted by atomic mass is 10.3. The smallest absolute Gasteiger partial charge is 0.411 e. The van der Waals surface area contributed by atoms with Crippen molar-refractivity contribution in [2.45, 2.75) is 6.92 Å². The zero-order valence-corrected chi connectivity index (χ0v) is 8.69. The van der Waals surface area contributed by atoms with Crippen LogP contribution in [0, 0.1) is 0 Å². The largest absolute Gasteiger partial charge is 0.465 e. The first-order valence-corrected chi connectivity index (χ1v) is 4.65. The Morgan fingerprint density at radius 1 is 1.31 bits per heavy atom. The highest BCUT2D eigenvalue weighted by Crippen LogP contribution is 2.15. The number of carboxylic acid groups (broad SMARTS) is 1. The summed E-state index contributed by atoms with van der Waals surface area (Å²) in [7, 11) is 0. The standard InChI is InChI=1S/C10H12N2O4/c1-2-16-10(15)12-8-5-3-4-7(6-8)11-9(13)14/h3-6,11H,2H2,1H3,(H,12,15)(H,13,14). The molecule has 6 heteroatoms. The van der Waals surface area contributed by atoms with Crippen LogP contribution in [0.15, 0.2) is 24.3 Å². The Kier molecular flexibility index (Phi) is 4.14. The number of amides is 2. The highest BCUT2D eigenvalue weighted by molar-refractivity contribution is 5.88. The van der Waals surface area contributed by atoms with E-state index in [2.05, 4.69) is 15.4 Å². The lowest BCUT2D eigenvalue weighted by Crippen LogP contribution is -2.13. The highest BCUT2D eigenvalue weighted by atomic mass is 16.5. The summed E-state index contributed by atoms with van der Waals surface area (Å²) in [6.45, 7) is 1.97. The van der Waals surface area contributed by atoms with Gasteiger partial charge in [-0.2, -0.15) is 0 Å². The van der Waals surface area contributed by atoms with Crippen molar-refractivity contribution in [3.8, 4) is 0 Å². The van der Waals surface area contributed by atoms with Gasteiger partial charge in [-0.1, -0.05) is 6.07 Å². The van der Waals surface area contributed by atoms with Crippen LogP contribution in [0.5, 0.6) is 0 Å². The van der Waals surface area contributed by atoms with Gasteiger partial charge >= 0.3 is 12.2 Å². The highest BCUT2D eigenvalue weighted by Gasteiger charge is 2.03. The molecular weight excluding hydrogens is 212 g/mol. The van der Waals surface area contributed by atoms with Crippen molar-refractivity contribution in [1.29, 1.82) is 0 Å². The van der Waals surface area contributed by atoms with Gasteiger partial charge in [-0.25, -0.2) is 9.59 Å². The molecule has 0 aliphatic rings. The maximum atomic E-state index is 11.1. The van der Waals surface area contributed by atoms with E-state index in [0.717, 1.165) is 0 Å². The Balaban J connectivity index is 2.67. The molecular formula is C10H12N2O4. The SMILES string of the molecule is CCOC(=O)Nc1cccc(NC(=O)O)c1. The Morgan fingerprint density at radius 2 is 1.94 bits per heavy atom. The van der Waals surface area contributed by atoms with Gasteiger partial charge in [0.1, 0.15) is 0 Å². The molecule has 1 aromatic rings. The second kappa shape index (κ2) is 5.59. The van der Waals surface area contributed by atoms with E-state index in [1.165, 1.54) is 6.07 Å². The Morgan fingerprint density at radius 3 is 2.50 bits per heavy atom. The van der Waals surface area contributed by atoms with Gasteiger partial charge < -0.3 is 9.84 Å². The van der Waals surface area contributed by atoms with Crippen LogP contribution in [0.4, 0.5) is 21.0 Å². The quantitative estimate of drug-likeness (QED) is 0.735. The monoisotopic (exact) mass is 224 g/mol. The number of benzene rings is 1. The molecule has 1 aromatic carbocycles. The molecule has 0 heterocycles. The first kappa shape index (κ1) is 11.8. The van der Waals surface area contributed by atoms with Crippen LogP contribution in [0.3, 0.4) is 0 Å². The van der Waals surface area contributed by atoms with Crippen LogP contribution in [0.1, 0.15) is 6.92 Å². The minimum Gasteiger partial charge on any atom is -0.465 e. The summed E-state index contributed by atoms with van der Waals surface area (Å²) in [5.74, 6) is 0. The molecule has 1 rings (SSSR count). The fourth-order valence-corrected chi connectivity index (χ4v) is 1.08. The average molecular weight is 224 g/mol. The van der Waals surface area contributed by atoms with Gasteiger partial charge in [0.05, 0.1) is 6.61 Å². The molecule has 0 aliphatic carbocycles. The maximum Gasteiger partial charge on any atom is 0.411 e. The third-order valence-electron chi connectivity index (χ3n) is 1.64. The number of ether oxygens (including phenoxy) is 1. The van der Waals surface area contributed by atoms with Crippen molar-refractivity contribution in [3.63, 3.8) is 0 Å². The summed E-state index contributed by atoms with van der Waals surface area (Å²) < 4.78 is 4.68. The molecule has 0 saturated heterocycles. The van der Waals surface area contributed by atoms with E-state index in [9.17, 15) is 9.59 Å². The molecule has 0 atom stereocenters. The Bertz CT molecular complexity index is 392. The van der Waals surface area contributed by atoms with Crippen molar-refractivity contribution in [1.82, 2.24) is 0 Å². The molecule has 3 N–H and O–H groups in total. The Labute approximate surface area is 92.2 Å². The van der Waals surface area contributed by atoms with Crippen molar-refractivity contribution in [3.05, 3.63) is 24.3 Å². The van der Waals surface area contributed by atoms with Gasteiger partial charge in [0.2, 0.25) is 0 Å². The molecule has 2 amide bonds. The second-order valence-electron chi connectivity index (χ2n) is 2.86. The van der Waals surface area contributed by atoms with Crippen LogP contribution in [-0.2, 0) is 4.74 Å². The van der Waals surface area contributed by atoms with Crippen LogP contribution in [-0.4, -0.2) is 23.9 Å². The van der Waals surface area contributed by atoms with Gasteiger partial charge in [0.15, 0.2) is 0 Å². The van der Waals surface area contributed by atoms with E-state index in [1.54, 1.807) is 25.1 Å². The second-order valence-corrected chi connectivity index (χ2v) is 2.86. The molecule has 6 nitrogen and oxygen atoms in total. The fourth-order valence-electron chi connectivity index (χ4n) is 1.08. The zero-order valence-electron chi connectivity index (χ0n) is 8.69. The van der Waals surface area contributed by atoms with Crippen molar-refractivity contribution >= 4 is 23.6 Å². The number of hydrogen-bond acceptors (Lipinski definition) is 3.